The van der Waals surface area contributed by atoms with Crippen molar-refractivity contribution in [3.8, 4) is 0 Å². The Morgan fingerprint density at radius 2 is 1.80 bits per heavy atom. The number of Topliss-reactive ketones (excluding diaryl/α,β-unsaturated/α-hetero) is 1. The van der Waals surface area contributed by atoms with Crippen LogP contribution in [-0.4, -0.2) is 5.78 Å². The Balaban J connectivity index is 2.71. The molecule has 0 unspecified atom stereocenters. The van der Waals surface area contributed by atoms with Crippen LogP contribution >= 0.6 is 22.6 Å². The summed E-state index contributed by atoms with van der Waals surface area (Å²) in [7, 11) is 0. The largest absolute Gasteiger partial charge is 0.299 e. The predicted octanol–water partition coefficient (Wildman–Crippen LogP) is 3.84. The highest BCUT2D eigenvalue weighted by Crippen LogP contribution is 2.23. The molecule has 0 fully saturated rings. The minimum absolute atomic E-state index is 0.191. The summed E-state index contributed by atoms with van der Waals surface area (Å²) in [5.41, 5.74) is 0.921. The number of benzene rings is 1. The van der Waals surface area contributed by atoms with E-state index in [1.54, 1.807) is 0 Å². The molecule has 0 aliphatic carbocycles. The summed E-state index contributed by atoms with van der Waals surface area (Å²) in [4.78, 5) is 11.9. The highest BCUT2D eigenvalue weighted by atomic mass is 127. The molecule has 0 radical (unpaired) electrons. The van der Waals surface area contributed by atoms with Crippen molar-refractivity contribution in [2.45, 2.75) is 33.6 Å². The van der Waals surface area contributed by atoms with Crippen molar-refractivity contribution < 1.29 is 4.79 Å². The van der Waals surface area contributed by atoms with Crippen molar-refractivity contribution in [2.75, 3.05) is 0 Å². The lowest BCUT2D eigenvalue weighted by Crippen LogP contribution is -2.24. The predicted molar refractivity (Wildman–Crippen MR) is 71.9 cm³/mol. The first-order valence-corrected chi connectivity index (χ1v) is 6.31. The lowest BCUT2D eigenvalue weighted by atomic mass is 9.82. The van der Waals surface area contributed by atoms with Gasteiger partial charge in [0.15, 0.2) is 0 Å². The third-order valence-corrected chi connectivity index (χ3v) is 3.64. The molecule has 2 heteroatoms. The lowest BCUT2D eigenvalue weighted by molar-refractivity contribution is -0.126. The monoisotopic (exact) mass is 316 g/mol. The Hall–Kier alpha value is -0.380. The fraction of sp³-hybridized carbons (Fsp3) is 0.462. The molecular weight excluding hydrogens is 299 g/mol. The van der Waals surface area contributed by atoms with Crippen LogP contribution in [0.4, 0.5) is 0 Å². The Morgan fingerprint density at radius 1 is 1.27 bits per heavy atom. The number of rotatable bonds is 4. The van der Waals surface area contributed by atoms with E-state index in [1.165, 1.54) is 3.57 Å². The average Bonchev–Trinajstić information content (AvgIpc) is 2.21. The van der Waals surface area contributed by atoms with Gasteiger partial charge in [0.25, 0.3) is 0 Å². The molecule has 0 saturated heterocycles. The van der Waals surface area contributed by atoms with Gasteiger partial charge in [-0.3, -0.25) is 4.79 Å². The molecule has 0 atom stereocenters. The van der Waals surface area contributed by atoms with E-state index < -0.39 is 0 Å². The van der Waals surface area contributed by atoms with Gasteiger partial charge in [0, 0.05) is 15.4 Å². The summed E-state index contributed by atoms with van der Waals surface area (Å²) < 4.78 is 1.21. The van der Waals surface area contributed by atoms with Crippen LogP contribution in [0.25, 0.3) is 0 Å². The second kappa shape index (κ2) is 5.10. The Labute approximate surface area is 105 Å². The third-order valence-electron chi connectivity index (χ3n) is 2.92. The van der Waals surface area contributed by atoms with E-state index in [1.807, 2.05) is 38.1 Å². The first-order chi connectivity index (χ1) is 6.95. The third kappa shape index (κ3) is 3.59. The quantitative estimate of drug-likeness (QED) is 0.772. The summed E-state index contributed by atoms with van der Waals surface area (Å²) in [5.74, 6) is 0.325. The number of ketones is 1. The number of carbonyl (C=O) groups excluding carboxylic acids is 1. The van der Waals surface area contributed by atoms with Crippen LogP contribution in [-0.2, 0) is 11.2 Å². The van der Waals surface area contributed by atoms with Gasteiger partial charge < -0.3 is 0 Å². The maximum absolute atomic E-state index is 11.9. The van der Waals surface area contributed by atoms with Crippen molar-refractivity contribution in [3.63, 3.8) is 0 Å². The van der Waals surface area contributed by atoms with Crippen LogP contribution in [0.3, 0.4) is 0 Å². The molecule has 1 aromatic rings. The molecule has 0 aliphatic heterocycles. The number of hydrogen-bond acceptors (Lipinski definition) is 1. The molecule has 0 spiro atoms. The van der Waals surface area contributed by atoms with E-state index in [0.29, 0.717) is 12.2 Å². The molecule has 0 bridgehead atoms. The van der Waals surface area contributed by atoms with Crippen LogP contribution < -0.4 is 0 Å². The van der Waals surface area contributed by atoms with Crippen molar-refractivity contribution in [2.24, 2.45) is 5.41 Å². The molecule has 0 heterocycles. The van der Waals surface area contributed by atoms with Crippen LogP contribution in [0.15, 0.2) is 24.3 Å². The van der Waals surface area contributed by atoms with Gasteiger partial charge in [-0.15, -0.1) is 0 Å². The van der Waals surface area contributed by atoms with E-state index in [4.69, 9.17) is 0 Å². The Morgan fingerprint density at radius 3 is 2.27 bits per heavy atom. The maximum atomic E-state index is 11.9. The molecule has 0 saturated carbocycles. The summed E-state index contributed by atoms with van der Waals surface area (Å²) in [6, 6.07) is 8.15. The van der Waals surface area contributed by atoms with Gasteiger partial charge in [-0.2, -0.15) is 0 Å². The fourth-order valence-electron chi connectivity index (χ4n) is 1.22. The zero-order valence-corrected chi connectivity index (χ0v) is 11.7. The van der Waals surface area contributed by atoms with Crippen LogP contribution in [0.1, 0.15) is 32.8 Å². The topological polar surface area (TPSA) is 17.1 Å². The normalized spacial score (nSPS) is 11.5. The molecule has 1 nitrogen and oxygen atoms in total. The summed E-state index contributed by atoms with van der Waals surface area (Å²) >= 11 is 2.27. The van der Waals surface area contributed by atoms with Crippen LogP contribution in [0.5, 0.6) is 0 Å². The minimum atomic E-state index is -0.191. The van der Waals surface area contributed by atoms with E-state index in [-0.39, 0.29) is 5.41 Å². The van der Waals surface area contributed by atoms with Gasteiger partial charge in [-0.05, 0) is 46.7 Å². The zero-order chi connectivity index (χ0) is 11.5. The fourth-order valence-corrected chi connectivity index (χ4v) is 1.58. The molecule has 0 N–H and O–H groups in total. The lowest BCUT2D eigenvalue weighted by Gasteiger charge is -2.20. The van der Waals surface area contributed by atoms with Crippen LogP contribution in [0, 0.1) is 8.99 Å². The SMILES string of the molecule is CCC(C)(C)C(=O)Cc1ccc(I)cc1. The van der Waals surface area contributed by atoms with Crippen molar-refractivity contribution in [1.29, 1.82) is 0 Å². The van der Waals surface area contributed by atoms with Crippen molar-refractivity contribution in [1.82, 2.24) is 0 Å². The smallest absolute Gasteiger partial charge is 0.142 e. The van der Waals surface area contributed by atoms with Crippen LogP contribution in [0.2, 0.25) is 0 Å². The molecule has 0 amide bonds. The number of halogens is 1. The Kier molecular flexibility index (Phi) is 4.32. The highest BCUT2D eigenvalue weighted by Gasteiger charge is 2.24. The Bertz CT molecular complexity index is 338. The first kappa shape index (κ1) is 12.7. The highest BCUT2D eigenvalue weighted by molar-refractivity contribution is 14.1. The van der Waals surface area contributed by atoms with Crippen molar-refractivity contribution in [3.05, 3.63) is 33.4 Å². The molecule has 0 aromatic heterocycles. The van der Waals surface area contributed by atoms with E-state index in [9.17, 15) is 4.79 Å². The number of hydrogen-bond donors (Lipinski definition) is 0. The summed E-state index contributed by atoms with van der Waals surface area (Å²) in [6.45, 7) is 6.09. The average molecular weight is 316 g/mol. The minimum Gasteiger partial charge on any atom is -0.299 e. The van der Waals surface area contributed by atoms with Crippen molar-refractivity contribution >= 4 is 28.4 Å². The molecule has 1 aromatic carbocycles. The molecule has 1 rings (SSSR count). The molecular formula is C13H17IO. The van der Waals surface area contributed by atoms with Gasteiger partial charge >= 0.3 is 0 Å². The van der Waals surface area contributed by atoms with Gasteiger partial charge in [0.2, 0.25) is 0 Å². The summed E-state index contributed by atoms with van der Waals surface area (Å²) in [5, 5.41) is 0. The summed E-state index contributed by atoms with van der Waals surface area (Å²) in [6.07, 6.45) is 1.45. The standard InChI is InChI=1S/C13H17IO/c1-4-13(2,3)12(15)9-10-5-7-11(14)8-6-10/h5-8H,4,9H2,1-3H3. The van der Waals surface area contributed by atoms with E-state index in [0.717, 1.165) is 12.0 Å². The van der Waals surface area contributed by atoms with E-state index >= 15 is 0 Å². The molecule has 15 heavy (non-hydrogen) atoms. The zero-order valence-electron chi connectivity index (χ0n) is 9.51. The second-order valence-electron chi connectivity index (χ2n) is 4.46. The maximum Gasteiger partial charge on any atom is 0.142 e. The molecule has 0 aliphatic rings. The van der Waals surface area contributed by atoms with E-state index in [2.05, 4.69) is 29.5 Å². The van der Waals surface area contributed by atoms with Gasteiger partial charge in [0.1, 0.15) is 5.78 Å². The number of carbonyl (C=O) groups is 1. The van der Waals surface area contributed by atoms with Gasteiger partial charge in [-0.1, -0.05) is 32.9 Å². The molecule has 82 valence electrons. The van der Waals surface area contributed by atoms with Gasteiger partial charge in [0.05, 0.1) is 0 Å². The second-order valence-corrected chi connectivity index (χ2v) is 5.71. The first-order valence-electron chi connectivity index (χ1n) is 5.23. The van der Waals surface area contributed by atoms with Gasteiger partial charge in [-0.25, -0.2) is 0 Å².